The lowest BCUT2D eigenvalue weighted by Crippen LogP contribution is -2.37. The monoisotopic (exact) mass is 391 g/mol. The molecule has 27 heavy (non-hydrogen) atoms. The van der Waals surface area contributed by atoms with Gasteiger partial charge in [0.15, 0.2) is 0 Å². The predicted octanol–water partition coefficient (Wildman–Crippen LogP) is 3.38. The molecular formula is C20H25NO5S. The third kappa shape index (κ3) is 4.60. The molecule has 0 aliphatic rings. The van der Waals surface area contributed by atoms with Crippen LogP contribution in [0.5, 0.6) is 5.75 Å². The van der Waals surface area contributed by atoms with Gasteiger partial charge in [-0.25, -0.2) is 8.42 Å². The Balaban J connectivity index is 2.57. The normalized spacial score (nSPS) is 11.1. The van der Waals surface area contributed by atoms with E-state index in [4.69, 9.17) is 9.47 Å². The summed E-state index contributed by atoms with van der Waals surface area (Å²) in [5.74, 6) is -0.0105. The van der Waals surface area contributed by atoms with Crippen molar-refractivity contribution in [2.45, 2.75) is 32.6 Å². The minimum absolute atomic E-state index is 0.0880. The van der Waals surface area contributed by atoms with Crippen molar-refractivity contribution in [1.29, 1.82) is 0 Å². The average molecular weight is 391 g/mol. The van der Waals surface area contributed by atoms with Crippen LogP contribution >= 0.6 is 0 Å². The van der Waals surface area contributed by atoms with E-state index >= 15 is 0 Å². The summed E-state index contributed by atoms with van der Waals surface area (Å²) in [6.45, 7) is 6.97. The number of ether oxygens (including phenoxy) is 2. The molecule has 0 aliphatic carbocycles. The van der Waals surface area contributed by atoms with Crippen molar-refractivity contribution >= 4 is 21.7 Å². The van der Waals surface area contributed by atoms with Crippen LogP contribution in [0, 0.1) is 20.8 Å². The Bertz CT molecular complexity index is 937. The Morgan fingerprint density at radius 1 is 1.04 bits per heavy atom. The predicted molar refractivity (Wildman–Crippen MR) is 105 cm³/mol. The molecule has 0 radical (unpaired) electrons. The molecule has 0 heterocycles. The van der Waals surface area contributed by atoms with Gasteiger partial charge in [0.25, 0.3) is 10.0 Å². The van der Waals surface area contributed by atoms with Gasteiger partial charge < -0.3 is 9.47 Å². The van der Waals surface area contributed by atoms with Crippen molar-refractivity contribution in [2.75, 3.05) is 24.6 Å². The summed E-state index contributed by atoms with van der Waals surface area (Å²) in [6.07, 6.45) is 0. The number of aryl methyl sites for hydroxylation is 3. The first-order valence-electron chi connectivity index (χ1n) is 8.61. The van der Waals surface area contributed by atoms with Crippen LogP contribution in [0.3, 0.4) is 0 Å². The molecule has 2 aromatic rings. The number of hydrogen-bond acceptors (Lipinski definition) is 5. The number of carbonyl (C=O) groups excluding carboxylic acids is 1. The fourth-order valence-corrected chi connectivity index (χ4v) is 4.41. The summed E-state index contributed by atoms with van der Waals surface area (Å²) in [5, 5.41) is 0. The summed E-state index contributed by atoms with van der Waals surface area (Å²) >= 11 is 0. The highest BCUT2D eigenvalue weighted by Crippen LogP contribution is 2.29. The molecule has 0 saturated carbocycles. The third-order valence-electron chi connectivity index (χ3n) is 4.15. The smallest absolute Gasteiger partial charge is 0.326 e. The van der Waals surface area contributed by atoms with Gasteiger partial charge >= 0.3 is 5.97 Å². The highest BCUT2D eigenvalue weighted by molar-refractivity contribution is 7.92. The van der Waals surface area contributed by atoms with E-state index in [1.807, 2.05) is 26.0 Å². The second kappa shape index (κ2) is 8.43. The topological polar surface area (TPSA) is 72.9 Å². The lowest BCUT2D eigenvalue weighted by Gasteiger charge is -2.25. The molecule has 2 rings (SSSR count). The molecule has 0 fully saturated rings. The van der Waals surface area contributed by atoms with E-state index in [1.54, 1.807) is 26.0 Å². The quantitative estimate of drug-likeness (QED) is 0.677. The molecule has 0 atom stereocenters. The largest absolute Gasteiger partial charge is 0.496 e. The van der Waals surface area contributed by atoms with E-state index in [-0.39, 0.29) is 11.5 Å². The van der Waals surface area contributed by atoms with Crippen molar-refractivity contribution in [3.8, 4) is 5.75 Å². The maximum atomic E-state index is 13.3. The summed E-state index contributed by atoms with van der Waals surface area (Å²) in [7, 11) is -2.45. The first kappa shape index (κ1) is 20.8. The van der Waals surface area contributed by atoms with Gasteiger partial charge in [0.1, 0.15) is 12.3 Å². The van der Waals surface area contributed by atoms with Crippen LogP contribution in [0.15, 0.2) is 41.3 Å². The zero-order valence-electron chi connectivity index (χ0n) is 16.3. The number of benzene rings is 2. The molecular weight excluding hydrogens is 366 g/mol. The number of anilines is 1. The number of carbonyl (C=O) groups is 1. The molecule has 6 nitrogen and oxygen atoms in total. The van der Waals surface area contributed by atoms with Crippen molar-refractivity contribution in [2.24, 2.45) is 0 Å². The second-order valence-corrected chi connectivity index (χ2v) is 8.10. The van der Waals surface area contributed by atoms with Gasteiger partial charge in [-0.1, -0.05) is 17.7 Å². The first-order valence-corrected chi connectivity index (χ1v) is 10.0. The van der Waals surface area contributed by atoms with Crippen LogP contribution in [0.1, 0.15) is 23.6 Å². The molecule has 0 spiro atoms. The molecule has 0 amide bonds. The van der Waals surface area contributed by atoms with Gasteiger partial charge in [-0.2, -0.15) is 0 Å². The maximum Gasteiger partial charge on any atom is 0.326 e. The number of methoxy groups -OCH3 is 1. The maximum absolute atomic E-state index is 13.3. The second-order valence-electron chi connectivity index (χ2n) is 6.24. The first-order chi connectivity index (χ1) is 12.7. The van der Waals surface area contributed by atoms with Crippen LogP contribution in [-0.2, 0) is 19.6 Å². The highest BCUT2D eigenvalue weighted by atomic mass is 32.2. The molecule has 0 unspecified atom stereocenters. The number of sulfonamides is 1. The van der Waals surface area contributed by atoms with Crippen LogP contribution in [0.2, 0.25) is 0 Å². The SMILES string of the molecule is CCOC(=O)CN(c1ccc(C)cc1C)S(=O)(=O)c1ccc(OC)c(C)c1. The van der Waals surface area contributed by atoms with Gasteiger partial charge in [-0.3, -0.25) is 9.10 Å². The molecule has 0 bridgehead atoms. The van der Waals surface area contributed by atoms with E-state index in [1.165, 1.54) is 19.2 Å². The number of rotatable bonds is 7. The standard InChI is InChI=1S/C20H25NO5S/c1-6-26-20(22)13-21(18-9-7-14(2)11-15(18)3)27(23,24)17-8-10-19(25-5)16(4)12-17/h7-12H,6,13H2,1-5H3. The van der Waals surface area contributed by atoms with Gasteiger partial charge in [0.05, 0.1) is 24.3 Å². The summed E-state index contributed by atoms with van der Waals surface area (Å²) < 4.78 is 38.0. The van der Waals surface area contributed by atoms with Gasteiger partial charge in [0.2, 0.25) is 0 Å². The van der Waals surface area contributed by atoms with Crippen molar-refractivity contribution in [3.05, 3.63) is 53.1 Å². The van der Waals surface area contributed by atoms with E-state index in [0.29, 0.717) is 17.0 Å². The molecule has 0 aliphatic heterocycles. The fraction of sp³-hybridized carbons (Fsp3) is 0.350. The lowest BCUT2D eigenvalue weighted by atomic mass is 10.1. The zero-order valence-corrected chi connectivity index (χ0v) is 17.1. The van der Waals surface area contributed by atoms with Crippen LogP contribution in [0.25, 0.3) is 0 Å². The Morgan fingerprint density at radius 2 is 1.74 bits per heavy atom. The van der Waals surface area contributed by atoms with Crippen molar-refractivity contribution in [3.63, 3.8) is 0 Å². The van der Waals surface area contributed by atoms with Crippen molar-refractivity contribution in [1.82, 2.24) is 0 Å². The van der Waals surface area contributed by atoms with Crippen molar-refractivity contribution < 1.29 is 22.7 Å². The Morgan fingerprint density at radius 3 is 2.30 bits per heavy atom. The zero-order chi connectivity index (χ0) is 20.2. The van der Waals surface area contributed by atoms with E-state index in [9.17, 15) is 13.2 Å². The van der Waals surface area contributed by atoms with Gasteiger partial charge in [-0.15, -0.1) is 0 Å². The number of esters is 1. The highest BCUT2D eigenvalue weighted by Gasteiger charge is 2.29. The summed E-state index contributed by atoms with van der Waals surface area (Å²) in [4.78, 5) is 12.2. The summed E-state index contributed by atoms with van der Waals surface area (Å²) in [5.41, 5.74) is 2.90. The molecule has 2 aromatic carbocycles. The number of hydrogen-bond donors (Lipinski definition) is 0. The minimum Gasteiger partial charge on any atom is -0.496 e. The fourth-order valence-electron chi connectivity index (χ4n) is 2.85. The van der Waals surface area contributed by atoms with E-state index in [0.717, 1.165) is 15.4 Å². The Labute approximate surface area is 160 Å². The lowest BCUT2D eigenvalue weighted by molar-refractivity contribution is -0.141. The Kier molecular flexibility index (Phi) is 6.49. The molecule has 7 heteroatoms. The van der Waals surface area contributed by atoms with E-state index in [2.05, 4.69) is 0 Å². The van der Waals surface area contributed by atoms with E-state index < -0.39 is 22.5 Å². The molecule has 0 aromatic heterocycles. The average Bonchev–Trinajstić information content (AvgIpc) is 2.60. The van der Waals surface area contributed by atoms with Gasteiger partial charge in [-0.05, 0) is 63.1 Å². The number of nitrogens with zero attached hydrogens (tertiary/aromatic N) is 1. The van der Waals surface area contributed by atoms with Crippen LogP contribution in [-0.4, -0.2) is 34.6 Å². The minimum atomic E-state index is -3.97. The third-order valence-corrected chi connectivity index (χ3v) is 5.91. The Hall–Kier alpha value is -2.54. The van der Waals surface area contributed by atoms with Crippen LogP contribution < -0.4 is 9.04 Å². The van der Waals surface area contributed by atoms with Gasteiger partial charge in [0, 0.05) is 0 Å². The molecule has 0 saturated heterocycles. The van der Waals surface area contributed by atoms with Crippen LogP contribution in [0.4, 0.5) is 5.69 Å². The summed E-state index contributed by atoms with van der Waals surface area (Å²) in [6, 6.07) is 10.0. The molecule has 146 valence electrons. The molecule has 0 N–H and O–H groups in total.